The van der Waals surface area contributed by atoms with Gasteiger partial charge in [-0.1, -0.05) is 31.5 Å². The van der Waals surface area contributed by atoms with Crippen LogP contribution in [0.2, 0.25) is 0 Å². The van der Waals surface area contributed by atoms with Crippen molar-refractivity contribution in [3.8, 4) is 0 Å². The van der Waals surface area contributed by atoms with E-state index in [0.717, 1.165) is 30.2 Å². The Labute approximate surface area is 129 Å². The van der Waals surface area contributed by atoms with E-state index in [1.165, 1.54) is 4.57 Å². The fraction of sp³-hybridized carbons (Fsp3) is 0.412. The first-order chi connectivity index (χ1) is 10.6. The lowest BCUT2D eigenvalue weighted by molar-refractivity contribution is -0.142. The number of ether oxygens (including phenoxy) is 1. The van der Waals surface area contributed by atoms with Crippen LogP contribution in [0.5, 0.6) is 0 Å². The number of nitrogens with zero attached hydrogens (tertiary/aromatic N) is 1. The van der Waals surface area contributed by atoms with Gasteiger partial charge in [-0.15, -0.1) is 0 Å². The van der Waals surface area contributed by atoms with E-state index in [4.69, 9.17) is 4.74 Å². The smallest absolute Gasteiger partial charge is 0.416 e. The summed E-state index contributed by atoms with van der Waals surface area (Å²) < 4.78 is 6.21. The topological polar surface area (TPSA) is 68.5 Å². The Kier molecular flexibility index (Phi) is 5.20. The summed E-state index contributed by atoms with van der Waals surface area (Å²) in [6, 6.07) is 7.37. The molecule has 0 atom stereocenters. The van der Waals surface area contributed by atoms with Crippen LogP contribution >= 0.6 is 0 Å². The SMILES string of the molecule is CCCCc1c(CC(=O)OCC)n(C(=O)O)c2ccccc12. The van der Waals surface area contributed by atoms with Crippen LogP contribution in [0, 0.1) is 0 Å². The number of aromatic nitrogens is 1. The van der Waals surface area contributed by atoms with E-state index in [0.29, 0.717) is 11.2 Å². The summed E-state index contributed by atoms with van der Waals surface area (Å²) in [5, 5.41) is 10.5. The summed E-state index contributed by atoms with van der Waals surface area (Å²) in [5.74, 6) is -0.398. The number of benzene rings is 1. The minimum absolute atomic E-state index is 0.0200. The number of aryl methyl sites for hydroxylation is 1. The third-order valence-electron chi connectivity index (χ3n) is 3.68. The fourth-order valence-corrected chi connectivity index (χ4v) is 2.75. The highest BCUT2D eigenvalue weighted by Gasteiger charge is 2.22. The number of rotatable bonds is 6. The summed E-state index contributed by atoms with van der Waals surface area (Å²) in [6.07, 6.45) is 1.62. The van der Waals surface area contributed by atoms with E-state index in [1.807, 2.05) is 12.1 Å². The average molecular weight is 303 g/mol. The zero-order chi connectivity index (χ0) is 16.1. The van der Waals surface area contributed by atoms with Crippen LogP contribution in [-0.2, 0) is 22.4 Å². The summed E-state index contributed by atoms with van der Waals surface area (Å²) in [5.41, 5.74) is 2.09. The highest BCUT2D eigenvalue weighted by molar-refractivity contribution is 5.94. The third-order valence-corrected chi connectivity index (χ3v) is 3.68. The highest BCUT2D eigenvalue weighted by Crippen LogP contribution is 2.28. The van der Waals surface area contributed by atoms with Crippen molar-refractivity contribution in [3.63, 3.8) is 0 Å². The van der Waals surface area contributed by atoms with E-state index in [1.54, 1.807) is 19.1 Å². The first-order valence-corrected chi connectivity index (χ1v) is 7.60. The predicted octanol–water partition coefficient (Wildman–Crippen LogP) is 3.62. The third kappa shape index (κ3) is 3.13. The Hall–Kier alpha value is -2.30. The second kappa shape index (κ2) is 7.11. The van der Waals surface area contributed by atoms with Crippen molar-refractivity contribution < 1.29 is 19.4 Å². The zero-order valence-electron chi connectivity index (χ0n) is 13.0. The standard InChI is InChI=1S/C17H21NO4/c1-3-5-8-13-12-9-6-7-10-14(12)18(17(20)21)15(13)11-16(19)22-4-2/h6-7,9-10H,3-5,8,11H2,1-2H3,(H,20,21). The summed E-state index contributed by atoms with van der Waals surface area (Å²) in [4.78, 5) is 23.5. The van der Waals surface area contributed by atoms with Crippen molar-refractivity contribution >= 4 is 23.0 Å². The van der Waals surface area contributed by atoms with Crippen molar-refractivity contribution in [1.29, 1.82) is 0 Å². The molecule has 0 saturated carbocycles. The number of carbonyl (C=O) groups excluding carboxylic acids is 1. The number of esters is 1. The zero-order valence-corrected chi connectivity index (χ0v) is 13.0. The molecule has 0 unspecified atom stereocenters. The second-order valence-corrected chi connectivity index (χ2v) is 5.15. The van der Waals surface area contributed by atoms with E-state index in [9.17, 15) is 14.7 Å². The van der Waals surface area contributed by atoms with Gasteiger partial charge < -0.3 is 9.84 Å². The van der Waals surface area contributed by atoms with Crippen molar-refractivity contribution in [2.45, 2.75) is 39.5 Å². The highest BCUT2D eigenvalue weighted by atomic mass is 16.5. The van der Waals surface area contributed by atoms with Gasteiger partial charge in [-0.2, -0.15) is 0 Å². The molecule has 1 aromatic heterocycles. The van der Waals surface area contributed by atoms with Crippen LogP contribution in [0.15, 0.2) is 24.3 Å². The lowest BCUT2D eigenvalue weighted by atomic mass is 10.0. The first kappa shape index (κ1) is 16.1. The molecule has 118 valence electrons. The molecule has 0 aliphatic rings. The van der Waals surface area contributed by atoms with Gasteiger partial charge in [0.05, 0.1) is 18.5 Å². The van der Waals surface area contributed by atoms with E-state index < -0.39 is 12.1 Å². The lowest BCUT2D eigenvalue weighted by Crippen LogP contribution is -2.17. The van der Waals surface area contributed by atoms with E-state index in [2.05, 4.69) is 6.92 Å². The van der Waals surface area contributed by atoms with Gasteiger partial charge in [0.15, 0.2) is 0 Å². The van der Waals surface area contributed by atoms with Crippen molar-refractivity contribution in [2.24, 2.45) is 0 Å². The number of carbonyl (C=O) groups is 2. The maximum absolute atomic E-state index is 11.9. The van der Waals surface area contributed by atoms with Crippen molar-refractivity contribution in [1.82, 2.24) is 4.57 Å². The van der Waals surface area contributed by atoms with Crippen molar-refractivity contribution in [2.75, 3.05) is 6.61 Å². The number of carboxylic acid groups (broad SMARTS) is 1. The van der Waals surface area contributed by atoms with E-state index >= 15 is 0 Å². The predicted molar refractivity (Wildman–Crippen MR) is 84.3 cm³/mol. The molecule has 0 fully saturated rings. The van der Waals surface area contributed by atoms with Gasteiger partial charge in [0.25, 0.3) is 0 Å². The molecule has 1 aromatic carbocycles. The molecule has 0 aliphatic heterocycles. The Balaban J connectivity index is 2.59. The number of para-hydroxylation sites is 1. The van der Waals surface area contributed by atoms with Gasteiger partial charge >= 0.3 is 12.1 Å². The van der Waals surface area contributed by atoms with Crippen LogP contribution in [-0.4, -0.2) is 28.3 Å². The van der Waals surface area contributed by atoms with Gasteiger partial charge in [0, 0.05) is 11.1 Å². The second-order valence-electron chi connectivity index (χ2n) is 5.15. The molecular formula is C17H21NO4. The minimum Gasteiger partial charge on any atom is -0.466 e. The Morgan fingerprint density at radius 1 is 1.23 bits per heavy atom. The molecular weight excluding hydrogens is 282 g/mol. The summed E-state index contributed by atoms with van der Waals surface area (Å²) >= 11 is 0. The molecule has 0 saturated heterocycles. The average Bonchev–Trinajstić information content (AvgIpc) is 2.78. The fourth-order valence-electron chi connectivity index (χ4n) is 2.75. The molecule has 1 heterocycles. The number of hydrogen-bond acceptors (Lipinski definition) is 3. The Bertz CT molecular complexity index is 687. The maximum atomic E-state index is 11.9. The molecule has 22 heavy (non-hydrogen) atoms. The summed E-state index contributed by atoms with van der Waals surface area (Å²) in [7, 11) is 0. The molecule has 0 bridgehead atoms. The van der Waals surface area contributed by atoms with Gasteiger partial charge in [0.2, 0.25) is 0 Å². The van der Waals surface area contributed by atoms with Crippen LogP contribution in [0.25, 0.3) is 10.9 Å². The van der Waals surface area contributed by atoms with Crippen LogP contribution < -0.4 is 0 Å². The molecule has 2 rings (SSSR count). The molecule has 0 amide bonds. The Morgan fingerprint density at radius 2 is 1.95 bits per heavy atom. The van der Waals surface area contributed by atoms with Gasteiger partial charge in [0.1, 0.15) is 0 Å². The monoisotopic (exact) mass is 303 g/mol. The largest absolute Gasteiger partial charge is 0.466 e. The van der Waals surface area contributed by atoms with Crippen molar-refractivity contribution in [3.05, 3.63) is 35.5 Å². The quantitative estimate of drug-likeness (QED) is 0.828. The number of unbranched alkanes of at least 4 members (excludes halogenated alkanes) is 1. The van der Waals surface area contributed by atoms with Crippen LogP contribution in [0.1, 0.15) is 37.9 Å². The maximum Gasteiger partial charge on any atom is 0.416 e. The lowest BCUT2D eigenvalue weighted by Gasteiger charge is -2.08. The molecule has 5 nitrogen and oxygen atoms in total. The molecule has 2 aromatic rings. The van der Waals surface area contributed by atoms with Gasteiger partial charge in [-0.05, 0) is 31.4 Å². The molecule has 0 radical (unpaired) electrons. The Morgan fingerprint density at radius 3 is 2.59 bits per heavy atom. The molecule has 5 heteroatoms. The molecule has 0 aliphatic carbocycles. The van der Waals surface area contributed by atoms with Crippen LogP contribution in [0.3, 0.4) is 0 Å². The first-order valence-electron chi connectivity index (χ1n) is 7.60. The minimum atomic E-state index is -1.07. The van der Waals surface area contributed by atoms with Crippen LogP contribution in [0.4, 0.5) is 4.79 Å². The van der Waals surface area contributed by atoms with E-state index in [-0.39, 0.29) is 13.0 Å². The number of hydrogen-bond donors (Lipinski definition) is 1. The van der Waals surface area contributed by atoms with Gasteiger partial charge in [-0.25, -0.2) is 9.36 Å². The normalized spacial score (nSPS) is 10.8. The number of fused-ring (bicyclic) bond motifs is 1. The van der Waals surface area contributed by atoms with Gasteiger partial charge in [-0.3, -0.25) is 4.79 Å². The molecule has 1 N–H and O–H groups in total. The summed E-state index contributed by atoms with van der Waals surface area (Å²) in [6.45, 7) is 4.11. The molecule has 0 spiro atoms.